The average Bonchev–Trinajstić information content (AvgIpc) is 3.48. The Bertz CT molecular complexity index is 1350. The van der Waals surface area contributed by atoms with Crippen LogP contribution in [0.4, 0.5) is 0 Å². The van der Waals surface area contributed by atoms with Gasteiger partial charge in [0, 0.05) is 17.1 Å². The summed E-state index contributed by atoms with van der Waals surface area (Å²) >= 11 is 0. The van der Waals surface area contributed by atoms with Crippen molar-refractivity contribution < 1.29 is 17.9 Å². The molecule has 164 valence electrons. The first-order chi connectivity index (χ1) is 15.6. The molecule has 0 spiro atoms. The van der Waals surface area contributed by atoms with Crippen molar-refractivity contribution in [3.05, 3.63) is 79.0 Å². The second kappa shape index (κ2) is 8.36. The molecule has 5 rings (SSSR count). The molecule has 0 atom stereocenters. The van der Waals surface area contributed by atoms with Gasteiger partial charge in [0.1, 0.15) is 0 Å². The number of para-hydroxylation sites is 1. The number of aromatic nitrogens is 1. The smallest absolute Gasteiger partial charge is 0.268 e. The third kappa shape index (κ3) is 3.65. The monoisotopic (exact) mass is 447 g/mol. The SMILES string of the molecule is COc1ccc(-c2cn(S(=O)(=O)c3ccccc3)c3ccccc23)cc1OC1CCCC1. The molecule has 1 aliphatic rings. The van der Waals surface area contributed by atoms with E-state index in [4.69, 9.17) is 9.47 Å². The fraction of sp³-hybridized carbons (Fsp3) is 0.231. The number of hydrogen-bond donors (Lipinski definition) is 0. The van der Waals surface area contributed by atoms with Gasteiger partial charge in [0.2, 0.25) is 0 Å². The summed E-state index contributed by atoms with van der Waals surface area (Å²) in [4.78, 5) is 0.257. The van der Waals surface area contributed by atoms with Crippen LogP contribution in [0.25, 0.3) is 22.0 Å². The molecule has 1 aliphatic carbocycles. The second-order valence-corrected chi connectivity index (χ2v) is 9.88. The lowest BCUT2D eigenvalue weighted by Gasteiger charge is -2.16. The van der Waals surface area contributed by atoms with Crippen LogP contribution in [0.3, 0.4) is 0 Å². The quantitative estimate of drug-likeness (QED) is 0.371. The fourth-order valence-corrected chi connectivity index (χ4v) is 5.80. The van der Waals surface area contributed by atoms with E-state index in [2.05, 4.69) is 0 Å². The van der Waals surface area contributed by atoms with Crippen LogP contribution < -0.4 is 9.47 Å². The van der Waals surface area contributed by atoms with E-state index < -0.39 is 10.0 Å². The minimum Gasteiger partial charge on any atom is -0.493 e. The predicted octanol–water partition coefficient (Wildman–Crippen LogP) is 5.88. The second-order valence-electron chi connectivity index (χ2n) is 8.06. The number of hydrogen-bond acceptors (Lipinski definition) is 4. The van der Waals surface area contributed by atoms with Crippen LogP contribution in [0.1, 0.15) is 25.7 Å². The molecule has 0 unspecified atom stereocenters. The summed E-state index contributed by atoms with van der Waals surface area (Å²) in [7, 11) is -2.10. The number of fused-ring (bicyclic) bond motifs is 1. The minimum atomic E-state index is -3.73. The molecule has 0 bridgehead atoms. The maximum absolute atomic E-state index is 13.4. The van der Waals surface area contributed by atoms with Crippen molar-refractivity contribution in [2.75, 3.05) is 7.11 Å². The normalized spacial score (nSPS) is 14.7. The zero-order valence-electron chi connectivity index (χ0n) is 17.9. The number of rotatable bonds is 6. The lowest BCUT2D eigenvalue weighted by Crippen LogP contribution is -2.11. The van der Waals surface area contributed by atoms with Crippen molar-refractivity contribution >= 4 is 20.9 Å². The molecule has 1 aromatic heterocycles. The third-order valence-corrected chi connectivity index (χ3v) is 7.74. The lowest BCUT2D eigenvalue weighted by atomic mass is 10.0. The van der Waals surface area contributed by atoms with Crippen molar-refractivity contribution in [3.8, 4) is 22.6 Å². The summed E-state index contributed by atoms with van der Waals surface area (Å²) in [6, 6.07) is 21.8. The Labute approximate surface area is 188 Å². The highest BCUT2D eigenvalue weighted by Crippen LogP contribution is 2.39. The first-order valence-corrected chi connectivity index (χ1v) is 12.3. The molecular formula is C26H25NO4S. The molecule has 1 saturated carbocycles. The summed E-state index contributed by atoms with van der Waals surface area (Å²) in [6.45, 7) is 0. The van der Waals surface area contributed by atoms with E-state index in [1.807, 2.05) is 42.5 Å². The number of nitrogens with zero attached hydrogens (tertiary/aromatic N) is 1. The van der Waals surface area contributed by atoms with Crippen LogP contribution >= 0.6 is 0 Å². The molecule has 0 N–H and O–H groups in total. The topological polar surface area (TPSA) is 57.5 Å². The van der Waals surface area contributed by atoms with Gasteiger partial charge in [-0.25, -0.2) is 12.4 Å². The van der Waals surface area contributed by atoms with Crippen molar-refractivity contribution in [1.82, 2.24) is 3.97 Å². The van der Waals surface area contributed by atoms with Gasteiger partial charge >= 0.3 is 0 Å². The first kappa shape index (κ1) is 20.6. The number of ether oxygens (including phenoxy) is 2. The molecule has 5 nitrogen and oxygen atoms in total. The molecular weight excluding hydrogens is 422 g/mol. The van der Waals surface area contributed by atoms with Gasteiger partial charge in [0.15, 0.2) is 11.5 Å². The summed E-state index contributed by atoms with van der Waals surface area (Å²) in [5.41, 5.74) is 2.36. The highest BCUT2D eigenvalue weighted by molar-refractivity contribution is 7.90. The molecule has 32 heavy (non-hydrogen) atoms. The molecule has 0 amide bonds. The molecule has 6 heteroatoms. The maximum Gasteiger partial charge on any atom is 0.268 e. The molecule has 1 heterocycles. The molecule has 0 aliphatic heterocycles. The predicted molar refractivity (Wildman–Crippen MR) is 126 cm³/mol. The lowest BCUT2D eigenvalue weighted by molar-refractivity contribution is 0.201. The van der Waals surface area contributed by atoms with Gasteiger partial charge in [0.25, 0.3) is 10.0 Å². The van der Waals surface area contributed by atoms with Crippen LogP contribution in [0, 0.1) is 0 Å². The van der Waals surface area contributed by atoms with Gasteiger partial charge in [0.05, 0.1) is 23.6 Å². The highest BCUT2D eigenvalue weighted by Gasteiger charge is 2.23. The van der Waals surface area contributed by atoms with Crippen molar-refractivity contribution in [3.63, 3.8) is 0 Å². The molecule has 4 aromatic rings. The third-order valence-electron chi connectivity index (χ3n) is 6.05. The van der Waals surface area contributed by atoms with E-state index in [1.165, 1.54) is 16.8 Å². The van der Waals surface area contributed by atoms with Crippen molar-refractivity contribution in [2.24, 2.45) is 0 Å². The van der Waals surface area contributed by atoms with Crippen LogP contribution in [0.5, 0.6) is 11.5 Å². The van der Waals surface area contributed by atoms with Crippen LogP contribution in [0.15, 0.2) is 83.9 Å². The van der Waals surface area contributed by atoms with Gasteiger partial charge in [-0.15, -0.1) is 0 Å². The van der Waals surface area contributed by atoms with Gasteiger partial charge in [-0.1, -0.05) is 42.5 Å². The Hall–Kier alpha value is -3.25. The largest absolute Gasteiger partial charge is 0.493 e. The van der Waals surface area contributed by atoms with E-state index in [0.717, 1.165) is 29.4 Å². The highest BCUT2D eigenvalue weighted by atomic mass is 32.2. The fourth-order valence-electron chi connectivity index (χ4n) is 4.41. The van der Waals surface area contributed by atoms with Gasteiger partial charge < -0.3 is 9.47 Å². The summed E-state index contributed by atoms with van der Waals surface area (Å²) in [5.74, 6) is 1.38. The van der Waals surface area contributed by atoms with E-state index in [1.54, 1.807) is 43.6 Å². The molecule has 3 aromatic carbocycles. The molecule has 1 fully saturated rings. The van der Waals surface area contributed by atoms with E-state index in [0.29, 0.717) is 17.0 Å². The van der Waals surface area contributed by atoms with Crippen LogP contribution in [0.2, 0.25) is 0 Å². The van der Waals surface area contributed by atoms with Crippen molar-refractivity contribution in [1.29, 1.82) is 0 Å². The van der Waals surface area contributed by atoms with Crippen LogP contribution in [-0.4, -0.2) is 25.6 Å². The Morgan fingerprint density at radius 1 is 0.875 bits per heavy atom. The number of methoxy groups -OCH3 is 1. The van der Waals surface area contributed by atoms with Gasteiger partial charge in [-0.3, -0.25) is 0 Å². The summed E-state index contributed by atoms with van der Waals surface area (Å²) in [6.07, 6.45) is 6.34. The standard InChI is InChI=1S/C26H25NO4S/c1-30-25-16-15-19(17-26(25)31-20-9-5-6-10-20)23-18-27(24-14-8-7-13-22(23)24)32(28,29)21-11-3-2-4-12-21/h2-4,7-8,11-18,20H,5-6,9-10H2,1H3. The van der Waals surface area contributed by atoms with Gasteiger partial charge in [-0.05, 0) is 61.6 Å². The zero-order chi connectivity index (χ0) is 22.1. The first-order valence-electron chi connectivity index (χ1n) is 10.8. The summed E-state index contributed by atoms with van der Waals surface area (Å²) < 4.78 is 40.0. The Morgan fingerprint density at radius 2 is 1.59 bits per heavy atom. The zero-order valence-corrected chi connectivity index (χ0v) is 18.7. The Balaban J connectivity index is 1.64. The van der Waals surface area contributed by atoms with E-state index in [-0.39, 0.29) is 11.0 Å². The maximum atomic E-state index is 13.4. The van der Waals surface area contributed by atoms with Crippen molar-refractivity contribution in [2.45, 2.75) is 36.7 Å². The Kier molecular flexibility index (Phi) is 5.39. The molecule has 0 saturated heterocycles. The Morgan fingerprint density at radius 3 is 2.34 bits per heavy atom. The summed E-state index contributed by atoms with van der Waals surface area (Å²) in [5, 5.41) is 0.865. The van der Waals surface area contributed by atoms with Gasteiger partial charge in [-0.2, -0.15) is 0 Å². The average molecular weight is 448 g/mol. The van der Waals surface area contributed by atoms with Crippen LogP contribution in [-0.2, 0) is 10.0 Å². The van der Waals surface area contributed by atoms with E-state index in [9.17, 15) is 8.42 Å². The molecule has 0 radical (unpaired) electrons. The number of benzene rings is 3. The minimum absolute atomic E-state index is 0.193. The van der Waals surface area contributed by atoms with E-state index >= 15 is 0 Å².